The van der Waals surface area contributed by atoms with E-state index >= 15 is 0 Å². The zero-order valence-electron chi connectivity index (χ0n) is 14.6. The Morgan fingerprint density at radius 3 is 2.54 bits per heavy atom. The minimum Gasteiger partial charge on any atom is -0.449 e. The fourth-order valence-electron chi connectivity index (χ4n) is 2.72. The molecule has 0 bridgehead atoms. The third-order valence-electron chi connectivity index (χ3n) is 4.13. The van der Waals surface area contributed by atoms with Crippen LogP contribution in [0.5, 0.6) is 0 Å². The number of carbonyl (C=O) groups excluding carboxylic acids is 3. The molecule has 3 rings (SSSR count). The first kappa shape index (κ1) is 17.6. The summed E-state index contributed by atoms with van der Waals surface area (Å²) >= 11 is 0. The zero-order valence-corrected chi connectivity index (χ0v) is 14.6. The number of esters is 1. The van der Waals surface area contributed by atoms with Gasteiger partial charge in [-0.2, -0.15) is 0 Å². The molecule has 0 aliphatic carbocycles. The largest absolute Gasteiger partial charge is 0.449 e. The standard InChI is InChI=1S/C19H19N3O4/c1-12-15(8-9-16(21-12)14-6-4-3-5-7-14)18(24)26-13(2)17(23)22-11-10-20-19(22)25/h3-9,13H,10-11H2,1-2H3,(H,20,25)/t13-/m1/s1. The highest BCUT2D eigenvalue weighted by molar-refractivity contribution is 5.99. The maximum absolute atomic E-state index is 12.4. The topological polar surface area (TPSA) is 88.6 Å². The number of hydrogen-bond acceptors (Lipinski definition) is 5. The molecule has 1 fully saturated rings. The van der Waals surface area contributed by atoms with Gasteiger partial charge < -0.3 is 10.1 Å². The van der Waals surface area contributed by atoms with Gasteiger partial charge in [-0.3, -0.25) is 14.7 Å². The molecule has 1 N–H and O–H groups in total. The number of carbonyl (C=O) groups is 3. The number of ether oxygens (including phenoxy) is 1. The van der Waals surface area contributed by atoms with Crippen LogP contribution in [0.25, 0.3) is 11.3 Å². The molecule has 7 nitrogen and oxygen atoms in total. The molecule has 7 heteroatoms. The lowest BCUT2D eigenvalue weighted by molar-refractivity contribution is -0.136. The zero-order chi connectivity index (χ0) is 18.7. The van der Waals surface area contributed by atoms with Crippen LogP contribution in [0, 0.1) is 6.92 Å². The van der Waals surface area contributed by atoms with E-state index in [1.54, 1.807) is 19.1 Å². The van der Waals surface area contributed by atoms with Crippen molar-refractivity contribution < 1.29 is 19.1 Å². The summed E-state index contributed by atoms with van der Waals surface area (Å²) < 4.78 is 5.24. The highest BCUT2D eigenvalue weighted by Crippen LogP contribution is 2.19. The van der Waals surface area contributed by atoms with Crippen LogP contribution in [0.2, 0.25) is 0 Å². The van der Waals surface area contributed by atoms with Crippen molar-refractivity contribution in [1.29, 1.82) is 0 Å². The second-order valence-electron chi connectivity index (χ2n) is 5.96. The van der Waals surface area contributed by atoms with E-state index in [2.05, 4.69) is 10.3 Å². The van der Waals surface area contributed by atoms with Gasteiger partial charge in [-0.25, -0.2) is 9.59 Å². The molecule has 1 atom stereocenters. The predicted molar refractivity (Wildman–Crippen MR) is 94.4 cm³/mol. The van der Waals surface area contributed by atoms with Crippen LogP contribution >= 0.6 is 0 Å². The monoisotopic (exact) mass is 353 g/mol. The number of aromatic nitrogens is 1. The van der Waals surface area contributed by atoms with Crippen LogP contribution in [0.3, 0.4) is 0 Å². The molecule has 26 heavy (non-hydrogen) atoms. The molecular formula is C19H19N3O4. The van der Waals surface area contributed by atoms with Crippen LogP contribution in [-0.4, -0.2) is 47.0 Å². The van der Waals surface area contributed by atoms with E-state index in [1.165, 1.54) is 6.92 Å². The van der Waals surface area contributed by atoms with Gasteiger partial charge in [0.15, 0.2) is 6.10 Å². The van der Waals surface area contributed by atoms with Crippen molar-refractivity contribution in [2.75, 3.05) is 13.1 Å². The van der Waals surface area contributed by atoms with Crippen LogP contribution in [0.4, 0.5) is 4.79 Å². The van der Waals surface area contributed by atoms with Crippen molar-refractivity contribution in [1.82, 2.24) is 15.2 Å². The second-order valence-corrected chi connectivity index (χ2v) is 5.96. The number of nitrogens with zero attached hydrogens (tertiary/aromatic N) is 2. The van der Waals surface area contributed by atoms with Gasteiger partial charge in [-0.05, 0) is 26.0 Å². The molecular weight excluding hydrogens is 334 g/mol. The average molecular weight is 353 g/mol. The molecule has 1 saturated heterocycles. The van der Waals surface area contributed by atoms with Crippen molar-refractivity contribution in [3.8, 4) is 11.3 Å². The fraction of sp³-hybridized carbons (Fsp3) is 0.263. The molecule has 3 amide bonds. The van der Waals surface area contributed by atoms with Crippen molar-refractivity contribution in [3.63, 3.8) is 0 Å². The summed E-state index contributed by atoms with van der Waals surface area (Å²) in [5.74, 6) is -1.19. The summed E-state index contributed by atoms with van der Waals surface area (Å²) in [4.78, 5) is 41.6. The number of rotatable bonds is 4. The van der Waals surface area contributed by atoms with Gasteiger partial charge in [0.1, 0.15) is 0 Å². The van der Waals surface area contributed by atoms with Gasteiger partial charge in [-0.1, -0.05) is 30.3 Å². The third-order valence-corrected chi connectivity index (χ3v) is 4.13. The SMILES string of the molecule is Cc1nc(-c2ccccc2)ccc1C(=O)O[C@H](C)C(=O)N1CCNC1=O. The highest BCUT2D eigenvalue weighted by atomic mass is 16.5. The number of benzene rings is 1. The Kier molecular flexibility index (Phi) is 4.97. The smallest absolute Gasteiger partial charge is 0.340 e. The van der Waals surface area contributed by atoms with E-state index in [-0.39, 0.29) is 12.1 Å². The molecule has 1 aliphatic rings. The van der Waals surface area contributed by atoms with Crippen molar-refractivity contribution >= 4 is 17.9 Å². The lowest BCUT2D eigenvalue weighted by atomic mass is 10.1. The van der Waals surface area contributed by atoms with Gasteiger partial charge in [-0.15, -0.1) is 0 Å². The van der Waals surface area contributed by atoms with Gasteiger partial charge in [0, 0.05) is 18.7 Å². The van der Waals surface area contributed by atoms with Crippen LogP contribution in [-0.2, 0) is 9.53 Å². The molecule has 2 heterocycles. The minimum absolute atomic E-state index is 0.270. The minimum atomic E-state index is -1.06. The molecule has 134 valence electrons. The van der Waals surface area contributed by atoms with Crippen LogP contribution in [0.15, 0.2) is 42.5 Å². The quantitative estimate of drug-likeness (QED) is 0.851. The van der Waals surface area contributed by atoms with Gasteiger partial charge in [0.2, 0.25) is 0 Å². The van der Waals surface area contributed by atoms with Gasteiger partial charge in [0.05, 0.1) is 17.0 Å². The Bertz CT molecular complexity index is 851. The number of urea groups is 1. The van der Waals surface area contributed by atoms with E-state index in [0.717, 1.165) is 16.2 Å². The maximum Gasteiger partial charge on any atom is 0.340 e. The average Bonchev–Trinajstić information content (AvgIpc) is 3.07. The Morgan fingerprint density at radius 1 is 1.19 bits per heavy atom. The highest BCUT2D eigenvalue weighted by Gasteiger charge is 2.32. The normalized spacial score (nSPS) is 14.7. The summed E-state index contributed by atoms with van der Waals surface area (Å²) in [7, 11) is 0. The Labute approximate surface area is 151 Å². The van der Waals surface area contributed by atoms with Crippen molar-refractivity contribution in [3.05, 3.63) is 53.7 Å². The molecule has 2 aromatic rings. The molecule has 1 aromatic heterocycles. The van der Waals surface area contributed by atoms with Gasteiger partial charge in [0.25, 0.3) is 5.91 Å². The molecule has 0 unspecified atom stereocenters. The Hall–Kier alpha value is -3.22. The second kappa shape index (κ2) is 7.35. The summed E-state index contributed by atoms with van der Waals surface area (Å²) in [6.45, 7) is 3.83. The van der Waals surface area contributed by atoms with E-state index in [4.69, 9.17) is 4.74 Å². The first-order valence-electron chi connectivity index (χ1n) is 8.30. The summed E-state index contributed by atoms with van der Waals surface area (Å²) in [6.07, 6.45) is -1.06. The molecule has 0 radical (unpaired) electrons. The van der Waals surface area contributed by atoms with E-state index in [9.17, 15) is 14.4 Å². The summed E-state index contributed by atoms with van der Waals surface area (Å²) in [6, 6.07) is 12.5. The van der Waals surface area contributed by atoms with E-state index < -0.39 is 24.0 Å². The molecule has 1 aromatic carbocycles. The summed E-state index contributed by atoms with van der Waals surface area (Å²) in [5.41, 5.74) is 2.49. The third kappa shape index (κ3) is 3.56. The first-order chi connectivity index (χ1) is 12.5. The Morgan fingerprint density at radius 2 is 1.92 bits per heavy atom. The lowest BCUT2D eigenvalue weighted by Gasteiger charge is -2.18. The fourth-order valence-corrected chi connectivity index (χ4v) is 2.72. The number of imide groups is 1. The molecule has 1 aliphatic heterocycles. The van der Waals surface area contributed by atoms with Crippen molar-refractivity contribution in [2.24, 2.45) is 0 Å². The summed E-state index contributed by atoms with van der Waals surface area (Å²) in [5, 5.41) is 2.54. The predicted octanol–water partition coefficient (Wildman–Crippen LogP) is 2.15. The van der Waals surface area contributed by atoms with E-state index in [0.29, 0.717) is 12.2 Å². The van der Waals surface area contributed by atoms with E-state index in [1.807, 2.05) is 30.3 Å². The van der Waals surface area contributed by atoms with Gasteiger partial charge >= 0.3 is 12.0 Å². The lowest BCUT2D eigenvalue weighted by Crippen LogP contribution is -2.41. The number of nitrogens with one attached hydrogen (secondary N) is 1. The maximum atomic E-state index is 12.4. The number of hydrogen-bond donors (Lipinski definition) is 1. The first-order valence-corrected chi connectivity index (χ1v) is 8.30. The molecule has 0 saturated carbocycles. The van der Waals surface area contributed by atoms with Crippen molar-refractivity contribution in [2.45, 2.75) is 20.0 Å². The Balaban J connectivity index is 1.71. The number of aryl methyl sites for hydroxylation is 1. The molecule has 0 spiro atoms. The van der Waals surface area contributed by atoms with Crippen LogP contribution in [0.1, 0.15) is 23.0 Å². The number of pyridine rings is 1. The number of amides is 3. The van der Waals surface area contributed by atoms with Crippen LogP contribution < -0.4 is 5.32 Å².